The molecule has 0 saturated carbocycles. The zero-order valence-electron chi connectivity index (χ0n) is 24.6. The normalized spacial score (nSPS) is 14.7. The van der Waals surface area contributed by atoms with E-state index in [9.17, 15) is 8.42 Å². The van der Waals surface area contributed by atoms with E-state index >= 15 is 0 Å². The molecule has 41 heavy (non-hydrogen) atoms. The van der Waals surface area contributed by atoms with Crippen molar-refractivity contribution in [1.82, 2.24) is 0 Å². The first-order valence-corrected chi connectivity index (χ1v) is 15.9. The first kappa shape index (κ1) is 30.7. The van der Waals surface area contributed by atoms with E-state index in [4.69, 9.17) is 9.47 Å². The monoisotopic (exact) mass is 570 g/mol. The van der Waals surface area contributed by atoms with Crippen LogP contribution in [0.2, 0.25) is 0 Å². The van der Waals surface area contributed by atoms with Crippen LogP contribution in [-0.4, -0.2) is 21.6 Å². The largest absolute Gasteiger partial charge is 0.376 e. The molecule has 4 aromatic rings. The highest BCUT2D eigenvalue weighted by Gasteiger charge is 2.29. The van der Waals surface area contributed by atoms with Gasteiger partial charge in [-0.2, -0.15) is 0 Å². The Bertz CT molecular complexity index is 1360. The highest BCUT2D eigenvalue weighted by Crippen LogP contribution is 2.37. The zero-order valence-corrected chi connectivity index (χ0v) is 25.4. The molecule has 0 heterocycles. The van der Waals surface area contributed by atoms with Gasteiger partial charge in [-0.15, -0.1) is 0 Å². The molecule has 0 aliphatic rings. The van der Waals surface area contributed by atoms with Crippen molar-refractivity contribution in [3.63, 3.8) is 0 Å². The molecule has 4 aromatic carbocycles. The van der Waals surface area contributed by atoms with Gasteiger partial charge in [0, 0.05) is 0 Å². The van der Waals surface area contributed by atoms with Gasteiger partial charge in [-0.05, 0) is 58.1 Å². The van der Waals surface area contributed by atoms with E-state index in [1.807, 2.05) is 97.1 Å². The second kappa shape index (κ2) is 14.6. The molecule has 0 spiro atoms. The second-order valence-corrected chi connectivity index (χ2v) is 13.0. The fraction of sp³-hybridized carbons (Fsp3) is 0.333. The zero-order chi connectivity index (χ0) is 29.2. The Hall–Kier alpha value is -3.25. The van der Waals surface area contributed by atoms with Crippen molar-refractivity contribution in [3.8, 4) is 0 Å². The minimum absolute atomic E-state index is 0.00774. The molecule has 4 nitrogen and oxygen atoms in total. The SMILES string of the molecule is CC(c1ccccc1S(=O)(=O)c1ccccc1C(C)[C@@H](C)COCc1ccccc1)[C@@H](C)COCc1ccccc1. The molecule has 0 bridgehead atoms. The Labute approximate surface area is 246 Å². The van der Waals surface area contributed by atoms with Crippen LogP contribution in [0.3, 0.4) is 0 Å². The summed E-state index contributed by atoms with van der Waals surface area (Å²) in [5, 5.41) is 0. The smallest absolute Gasteiger partial charge is 0.207 e. The lowest BCUT2D eigenvalue weighted by molar-refractivity contribution is 0.0850. The lowest BCUT2D eigenvalue weighted by Crippen LogP contribution is -2.19. The maximum Gasteiger partial charge on any atom is 0.207 e. The van der Waals surface area contributed by atoms with Gasteiger partial charge in [-0.25, -0.2) is 8.42 Å². The van der Waals surface area contributed by atoms with Gasteiger partial charge in [0.25, 0.3) is 0 Å². The van der Waals surface area contributed by atoms with Gasteiger partial charge < -0.3 is 9.47 Å². The molecule has 2 unspecified atom stereocenters. The predicted molar refractivity (Wildman–Crippen MR) is 166 cm³/mol. The Kier molecular flexibility index (Phi) is 10.9. The van der Waals surface area contributed by atoms with Crippen LogP contribution in [0.15, 0.2) is 119 Å². The Balaban J connectivity index is 1.50. The van der Waals surface area contributed by atoms with Crippen molar-refractivity contribution >= 4 is 9.84 Å². The van der Waals surface area contributed by atoms with Gasteiger partial charge >= 0.3 is 0 Å². The van der Waals surface area contributed by atoms with Crippen LogP contribution in [0.1, 0.15) is 61.8 Å². The fourth-order valence-electron chi connectivity index (χ4n) is 5.10. The molecule has 0 saturated heterocycles. The summed E-state index contributed by atoms with van der Waals surface area (Å²) in [5.41, 5.74) is 3.90. The van der Waals surface area contributed by atoms with Crippen LogP contribution < -0.4 is 0 Å². The minimum atomic E-state index is -3.77. The molecule has 0 amide bonds. The lowest BCUT2D eigenvalue weighted by Gasteiger charge is -2.25. The van der Waals surface area contributed by atoms with Gasteiger partial charge in [0.2, 0.25) is 9.84 Å². The third kappa shape index (κ3) is 7.94. The highest BCUT2D eigenvalue weighted by atomic mass is 32.2. The number of hydrogen-bond donors (Lipinski definition) is 0. The van der Waals surface area contributed by atoms with Gasteiger partial charge in [0.1, 0.15) is 0 Å². The molecule has 5 heteroatoms. The Morgan fingerprint density at radius 2 is 0.854 bits per heavy atom. The standard InChI is InChI=1S/C36H42O4S/c1-27(23-39-25-31-15-7-5-8-16-31)29(3)33-19-11-13-21-35(33)41(37,38)36-22-14-12-20-34(36)30(4)28(2)24-40-26-32-17-9-6-10-18-32/h5-22,27-30H,23-26H2,1-4H3/t27-,28-,29?,30?/m0/s1. The average Bonchev–Trinajstić information content (AvgIpc) is 3.01. The quantitative estimate of drug-likeness (QED) is 0.153. The summed E-state index contributed by atoms with van der Waals surface area (Å²) in [6, 6.07) is 35.0. The van der Waals surface area contributed by atoms with E-state index in [-0.39, 0.29) is 23.7 Å². The third-order valence-corrected chi connectivity index (χ3v) is 9.99. The molecule has 216 valence electrons. The highest BCUT2D eigenvalue weighted by molar-refractivity contribution is 7.91. The summed E-state index contributed by atoms with van der Waals surface area (Å²) in [7, 11) is -3.77. The van der Waals surface area contributed by atoms with Crippen LogP contribution in [0, 0.1) is 11.8 Å². The fourth-order valence-corrected chi connectivity index (χ4v) is 6.98. The van der Waals surface area contributed by atoms with Crippen LogP contribution >= 0.6 is 0 Å². The Morgan fingerprint density at radius 1 is 0.512 bits per heavy atom. The molecule has 0 fully saturated rings. The van der Waals surface area contributed by atoms with E-state index in [0.717, 1.165) is 22.3 Å². The third-order valence-electron chi connectivity index (χ3n) is 8.09. The van der Waals surface area contributed by atoms with E-state index in [1.54, 1.807) is 12.1 Å². The van der Waals surface area contributed by atoms with Gasteiger partial charge in [0.15, 0.2) is 0 Å². The van der Waals surface area contributed by atoms with Gasteiger partial charge in [0.05, 0.1) is 36.2 Å². The van der Waals surface area contributed by atoms with Crippen LogP contribution in [-0.2, 0) is 32.5 Å². The van der Waals surface area contributed by atoms with Crippen molar-refractivity contribution in [3.05, 3.63) is 131 Å². The van der Waals surface area contributed by atoms with Crippen molar-refractivity contribution in [1.29, 1.82) is 0 Å². The first-order chi connectivity index (χ1) is 19.8. The number of sulfone groups is 1. The second-order valence-electron chi connectivity index (χ2n) is 11.1. The summed E-state index contributed by atoms with van der Waals surface area (Å²) in [4.78, 5) is 0.741. The minimum Gasteiger partial charge on any atom is -0.376 e. The molecule has 0 N–H and O–H groups in total. The van der Waals surface area contributed by atoms with Crippen LogP contribution in [0.5, 0.6) is 0 Å². The predicted octanol–water partition coefficient (Wildman–Crippen LogP) is 8.43. The van der Waals surface area contributed by atoms with Crippen molar-refractivity contribution in [2.75, 3.05) is 13.2 Å². The molecule has 0 aromatic heterocycles. The maximum atomic E-state index is 14.3. The molecule has 4 atom stereocenters. The van der Waals surface area contributed by atoms with E-state index in [0.29, 0.717) is 36.2 Å². The topological polar surface area (TPSA) is 52.6 Å². The number of hydrogen-bond acceptors (Lipinski definition) is 4. The summed E-state index contributed by atoms with van der Waals surface area (Å²) in [5.74, 6) is 0.246. The van der Waals surface area contributed by atoms with Gasteiger partial charge in [-0.1, -0.05) is 125 Å². The molecule has 0 radical (unpaired) electrons. The molecular formula is C36H42O4S. The van der Waals surface area contributed by atoms with Crippen LogP contribution in [0.4, 0.5) is 0 Å². The van der Waals surface area contributed by atoms with Crippen molar-refractivity contribution in [2.45, 2.75) is 62.5 Å². The van der Waals surface area contributed by atoms with Crippen molar-refractivity contribution in [2.24, 2.45) is 11.8 Å². The van der Waals surface area contributed by atoms with Gasteiger partial charge in [-0.3, -0.25) is 0 Å². The van der Waals surface area contributed by atoms with Crippen LogP contribution in [0.25, 0.3) is 0 Å². The Morgan fingerprint density at radius 3 is 1.24 bits per heavy atom. The number of ether oxygens (including phenoxy) is 2. The summed E-state index contributed by atoms with van der Waals surface area (Å²) >= 11 is 0. The van der Waals surface area contributed by atoms with Crippen molar-refractivity contribution < 1.29 is 17.9 Å². The van der Waals surface area contributed by atoms with E-state index < -0.39 is 9.84 Å². The maximum absolute atomic E-state index is 14.3. The number of benzene rings is 4. The number of rotatable bonds is 14. The van der Waals surface area contributed by atoms with E-state index in [1.165, 1.54) is 0 Å². The van der Waals surface area contributed by atoms with E-state index in [2.05, 4.69) is 27.7 Å². The summed E-state index contributed by atoms with van der Waals surface area (Å²) in [6.07, 6.45) is 0. The molecule has 0 aliphatic carbocycles. The molecule has 4 rings (SSSR count). The summed E-state index contributed by atoms with van der Waals surface area (Å²) < 4.78 is 40.6. The summed E-state index contributed by atoms with van der Waals surface area (Å²) in [6.45, 7) is 10.6. The first-order valence-electron chi connectivity index (χ1n) is 14.4. The molecule has 0 aliphatic heterocycles. The lowest BCUT2D eigenvalue weighted by atomic mass is 9.89. The average molecular weight is 571 g/mol. The molecular weight excluding hydrogens is 528 g/mol.